The number of rotatable bonds is 3. The lowest BCUT2D eigenvalue weighted by molar-refractivity contribution is 0.139. The highest BCUT2D eigenvalue weighted by molar-refractivity contribution is 7.12. The van der Waals surface area contributed by atoms with Crippen molar-refractivity contribution in [3.8, 4) is 11.8 Å². The Morgan fingerprint density at radius 2 is 2.14 bits per heavy atom. The van der Waals surface area contributed by atoms with Crippen LogP contribution in [0.5, 0.6) is 0 Å². The molecular weight excluding hydrogens is 292 g/mol. The molecule has 2 aromatic heterocycles. The predicted molar refractivity (Wildman–Crippen MR) is 89.7 cm³/mol. The van der Waals surface area contributed by atoms with Crippen LogP contribution in [0.2, 0.25) is 0 Å². The van der Waals surface area contributed by atoms with Gasteiger partial charge in [0.05, 0.1) is 4.88 Å². The maximum Gasteiger partial charge on any atom is 0.120 e. The summed E-state index contributed by atoms with van der Waals surface area (Å²) in [5.41, 5.74) is 0.263. The molecule has 4 heteroatoms. The van der Waals surface area contributed by atoms with E-state index < -0.39 is 5.60 Å². The molecule has 1 saturated heterocycles. The average Bonchev–Trinajstić information content (AvgIpc) is 2.88. The van der Waals surface area contributed by atoms with E-state index in [9.17, 15) is 5.11 Å². The van der Waals surface area contributed by atoms with Gasteiger partial charge in [0.25, 0.3) is 0 Å². The first-order chi connectivity index (χ1) is 10.5. The van der Waals surface area contributed by atoms with Gasteiger partial charge in [-0.25, -0.2) is 0 Å². The molecule has 0 spiro atoms. The Kier molecular flexibility index (Phi) is 4.30. The molecule has 1 fully saturated rings. The number of aromatic nitrogens is 1. The average molecular weight is 312 g/mol. The van der Waals surface area contributed by atoms with Crippen LogP contribution in [-0.2, 0) is 6.54 Å². The molecule has 0 radical (unpaired) electrons. The SMILES string of the molecule is CC(C)(O)C#Cc1ccc(CN2CC(c3ccccn3)C2)s1. The maximum atomic E-state index is 9.63. The second kappa shape index (κ2) is 6.21. The summed E-state index contributed by atoms with van der Waals surface area (Å²) >= 11 is 1.71. The highest BCUT2D eigenvalue weighted by Gasteiger charge is 2.28. The van der Waals surface area contributed by atoms with Gasteiger partial charge >= 0.3 is 0 Å². The monoisotopic (exact) mass is 312 g/mol. The number of hydrogen-bond acceptors (Lipinski definition) is 4. The minimum absolute atomic E-state index is 0.565. The van der Waals surface area contributed by atoms with Crippen molar-refractivity contribution in [3.63, 3.8) is 0 Å². The number of aliphatic hydroxyl groups is 1. The van der Waals surface area contributed by atoms with Crippen LogP contribution in [0, 0.1) is 11.8 Å². The predicted octanol–water partition coefficient (Wildman–Crippen LogP) is 2.86. The highest BCUT2D eigenvalue weighted by Crippen LogP contribution is 2.28. The summed E-state index contributed by atoms with van der Waals surface area (Å²) in [5.74, 6) is 6.46. The molecule has 114 valence electrons. The van der Waals surface area contributed by atoms with Gasteiger partial charge in [-0.3, -0.25) is 9.88 Å². The third kappa shape index (κ3) is 3.95. The van der Waals surface area contributed by atoms with E-state index in [4.69, 9.17) is 0 Å². The molecule has 22 heavy (non-hydrogen) atoms. The Morgan fingerprint density at radius 1 is 1.32 bits per heavy atom. The van der Waals surface area contributed by atoms with Crippen LogP contribution >= 0.6 is 11.3 Å². The fraction of sp³-hybridized carbons (Fsp3) is 0.389. The van der Waals surface area contributed by atoms with Crippen LogP contribution in [0.1, 0.15) is 35.2 Å². The minimum Gasteiger partial charge on any atom is -0.378 e. The molecule has 0 aromatic carbocycles. The molecule has 0 atom stereocenters. The van der Waals surface area contributed by atoms with Gasteiger partial charge in [-0.05, 0) is 38.1 Å². The Bertz CT molecular complexity index is 685. The highest BCUT2D eigenvalue weighted by atomic mass is 32.1. The van der Waals surface area contributed by atoms with E-state index in [1.165, 1.54) is 10.6 Å². The van der Waals surface area contributed by atoms with Crippen molar-refractivity contribution in [3.05, 3.63) is 52.0 Å². The largest absolute Gasteiger partial charge is 0.378 e. The first-order valence-corrected chi connectivity index (χ1v) is 8.29. The molecule has 3 rings (SSSR count). The fourth-order valence-corrected chi connectivity index (χ4v) is 3.37. The molecule has 1 aliphatic heterocycles. The summed E-state index contributed by atoms with van der Waals surface area (Å²) < 4.78 is 0. The van der Waals surface area contributed by atoms with Crippen LogP contribution in [0.3, 0.4) is 0 Å². The first kappa shape index (κ1) is 15.2. The molecule has 2 aromatic rings. The van der Waals surface area contributed by atoms with E-state index in [1.54, 1.807) is 25.2 Å². The Hall–Kier alpha value is -1.67. The van der Waals surface area contributed by atoms with E-state index in [2.05, 4.69) is 39.9 Å². The number of pyridine rings is 1. The van der Waals surface area contributed by atoms with Crippen LogP contribution in [0.25, 0.3) is 0 Å². The zero-order valence-corrected chi connectivity index (χ0v) is 13.7. The molecular formula is C18H20N2OS. The van der Waals surface area contributed by atoms with Crippen molar-refractivity contribution < 1.29 is 5.11 Å². The van der Waals surface area contributed by atoms with Crippen molar-refractivity contribution in [1.82, 2.24) is 9.88 Å². The van der Waals surface area contributed by atoms with Gasteiger partial charge in [0, 0.05) is 42.3 Å². The van der Waals surface area contributed by atoms with Crippen molar-refractivity contribution in [2.45, 2.75) is 31.9 Å². The van der Waals surface area contributed by atoms with Gasteiger partial charge in [-0.1, -0.05) is 17.9 Å². The Labute approximate surface area is 135 Å². The molecule has 1 N–H and O–H groups in total. The molecule has 0 aliphatic carbocycles. The summed E-state index contributed by atoms with van der Waals surface area (Å²) in [6.07, 6.45) is 1.87. The van der Waals surface area contributed by atoms with Gasteiger partial charge in [0.2, 0.25) is 0 Å². The lowest BCUT2D eigenvalue weighted by Gasteiger charge is -2.38. The van der Waals surface area contributed by atoms with E-state index in [0.29, 0.717) is 5.92 Å². The number of nitrogens with zero attached hydrogens (tertiary/aromatic N) is 2. The topological polar surface area (TPSA) is 36.4 Å². The molecule has 0 bridgehead atoms. The van der Waals surface area contributed by atoms with Crippen molar-refractivity contribution in [2.75, 3.05) is 13.1 Å². The summed E-state index contributed by atoms with van der Waals surface area (Å²) in [5, 5.41) is 9.63. The van der Waals surface area contributed by atoms with E-state index in [0.717, 1.165) is 24.5 Å². The summed E-state index contributed by atoms with van der Waals surface area (Å²) in [4.78, 5) is 9.19. The molecule has 1 aliphatic rings. The summed E-state index contributed by atoms with van der Waals surface area (Å²) in [6, 6.07) is 10.3. The molecule has 0 unspecified atom stereocenters. The van der Waals surface area contributed by atoms with Gasteiger partial charge < -0.3 is 5.11 Å². The second-order valence-corrected chi connectivity index (χ2v) is 7.39. The summed E-state index contributed by atoms with van der Waals surface area (Å²) in [6.45, 7) is 6.51. The first-order valence-electron chi connectivity index (χ1n) is 7.47. The minimum atomic E-state index is -0.933. The molecule has 0 amide bonds. The lowest BCUT2D eigenvalue weighted by Crippen LogP contribution is -2.44. The Balaban J connectivity index is 1.53. The number of hydrogen-bond donors (Lipinski definition) is 1. The zero-order chi connectivity index (χ0) is 15.6. The van der Waals surface area contributed by atoms with Crippen LogP contribution in [0.15, 0.2) is 36.5 Å². The van der Waals surface area contributed by atoms with Gasteiger partial charge in [-0.15, -0.1) is 11.3 Å². The van der Waals surface area contributed by atoms with E-state index in [1.807, 2.05) is 18.3 Å². The zero-order valence-electron chi connectivity index (χ0n) is 12.9. The van der Waals surface area contributed by atoms with Gasteiger partial charge in [-0.2, -0.15) is 0 Å². The summed E-state index contributed by atoms with van der Waals surface area (Å²) in [7, 11) is 0. The number of likely N-dealkylation sites (tertiary alicyclic amines) is 1. The third-order valence-electron chi connectivity index (χ3n) is 3.60. The van der Waals surface area contributed by atoms with Crippen LogP contribution in [-0.4, -0.2) is 33.7 Å². The van der Waals surface area contributed by atoms with Crippen molar-refractivity contribution >= 4 is 11.3 Å². The lowest BCUT2D eigenvalue weighted by atomic mass is 9.96. The Morgan fingerprint density at radius 3 is 2.82 bits per heavy atom. The van der Waals surface area contributed by atoms with E-state index in [-0.39, 0.29) is 0 Å². The van der Waals surface area contributed by atoms with Crippen molar-refractivity contribution in [2.24, 2.45) is 0 Å². The fourth-order valence-electron chi connectivity index (χ4n) is 2.47. The maximum absolute atomic E-state index is 9.63. The van der Waals surface area contributed by atoms with Gasteiger partial charge in [0.1, 0.15) is 5.60 Å². The molecule has 3 heterocycles. The second-order valence-electron chi connectivity index (χ2n) is 6.22. The quantitative estimate of drug-likeness (QED) is 0.885. The molecule has 0 saturated carbocycles. The molecule has 3 nitrogen and oxygen atoms in total. The smallest absolute Gasteiger partial charge is 0.120 e. The van der Waals surface area contributed by atoms with Crippen molar-refractivity contribution in [1.29, 1.82) is 0 Å². The standard InChI is InChI=1S/C18H20N2OS/c1-18(2,21)9-8-15-6-7-16(22-15)13-20-11-14(12-20)17-5-3-4-10-19-17/h3-7,10,14,21H,11-13H2,1-2H3. The van der Waals surface area contributed by atoms with Crippen LogP contribution in [0.4, 0.5) is 0 Å². The number of thiophene rings is 1. The normalized spacial score (nSPS) is 16.0. The third-order valence-corrected chi connectivity index (χ3v) is 4.58. The van der Waals surface area contributed by atoms with E-state index >= 15 is 0 Å². The van der Waals surface area contributed by atoms with Crippen LogP contribution < -0.4 is 0 Å². The van der Waals surface area contributed by atoms with Gasteiger partial charge in [0.15, 0.2) is 0 Å².